The molecule has 104 heavy (non-hydrogen) atoms. The van der Waals surface area contributed by atoms with Crippen molar-refractivity contribution in [2.24, 2.45) is 0 Å². The highest BCUT2D eigenvalue weighted by Gasteiger charge is 2.29. The monoisotopic (exact) mass is 1520 g/mol. The number of carbonyl (C=O) groups excluding carboxylic acids is 6. The molecule has 4 unspecified atom stereocenters. The number of ether oxygens (including phenoxy) is 4. The number of carbonyl (C=O) groups is 6. The molecule has 0 saturated heterocycles. The Morgan fingerprint density at radius 1 is 0.346 bits per heavy atom. The molecule has 0 aromatic heterocycles. The first kappa shape index (κ1) is 100. The van der Waals surface area contributed by atoms with E-state index in [4.69, 9.17) is 37.0 Å². The fourth-order valence-corrected chi connectivity index (χ4v) is 12.9. The third kappa shape index (κ3) is 67.7. The van der Waals surface area contributed by atoms with Crippen molar-refractivity contribution >= 4 is 51.2 Å². The fourth-order valence-electron chi connectivity index (χ4n) is 11.4. The van der Waals surface area contributed by atoms with Gasteiger partial charge in [0.1, 0.15) is 12.2 Å². The Hall–Kier alpha value is -3.64. The van der Waals surface area contributed by atoms with E-state index in [9.17, 15) is 57.9 Å². The number of hydrogen-bond acceptors (Lipinski definition) is 18. The highest BCUT2D eigenvalue weighted by Crippen LogP contribution is 2.44. The molecule has 0 saturated carbocycles. The summed E-state index contributed by atoms with van der Waals surface area (Å²) >= 11 is 0. The molecule has 0 spiro atoms. The number of unbranched alkanes of at least 4 members (excludes halogenated alkanes) is 26. The van der Waals surface area contributed by atoms with Gasteiger partial charge in [0.2, 0.25) is 23.6 Å². The molecule has 4 amide bonds. The lowest BCUT2D eigenvalue weighted by atomic mass is 10.1. The number of amides is 4. The van der Waals surface area contributed by atoms with Gasteiger partial charge in [0.05, 0.1) is 76.8 Å². The van der Waals surface area contributed by atoms with Gasteiger partial charge in [-0.1, -0.05) is 220 Å². The molecular formula is C78H148N4O20P2. The van der Waals surface area contributed by atoms with Gasteiger partial charge >= 0.3 is 27.6 Å². The Bertz CT molecular complexity index is 2120. The summed E-state index contributed by atoms with van der Waals surface area (Å²) in [4.78, 5) is 100. The standard InChI is InChI=1S/C78H148N4O20P2/c1-7-13-19-25-27-29-31-37-43-49-77(89)101-71(47-41-35-23-17-11-5)61-75(87)81-67(63-95-57-53-69(83)45-39-33-21-15-9-3)65-99-103(91,92)97-59-55-79-73(85)51-52-74(86)80-56-60-98-104(93,94)100-66-68(64-96-58-54-70(84)46-40-34-22-16-10-4)82-76(88)62-72(48-42-36-24-18-12-6)102-78(90)50-44-38-32-30-28-26-20-14-8-2/h29-32,67-72,83-84H,7-28,33-66H2,1-6H3,(H,79,85)(H,80,86)(H,81,87)(H,82,88)(H,91,92)(H,93,94)/b31-29-,32-30-/t67?,68?,69-,70-,71-,72-/m1/s1. The molecule has 26 heteroatoms. The highest BCUT2D eigenvalue weighted by atomic mass is 31.2. The first-order valence-electron chi connectivity index (χ1n) is 40.8. The summed E-state index contributed by atoms with van der Waals surface area (Å²) < 4.78 is 70.6. The summed E-state index contributed by atoms with van der Waals surface area (Å²) in [5.41, 5.74) is 0. The number of phosphoric ester groups is 2. The zero-order valence-corrected chi connectivity index (χ0v) is 67.4. The van der Waals surface area contributed by atoms with E-state index in [1.807, 2.05) is 0 Å². The van der Waals surface area contributed by atoms with Crippen LogP contribution in [0.2, 0.25) is 0 Å². The summed E-state index contributed by atoms with van der Waals surface area (Å²) in [5, 5.41) is 31.8. The number of phosphoric acid groups is 2. The summed E-state index contributed by atoms with van der Waals surface area (Å²) in [6.07, 6.45) is 43.0. The van der Waals surface area contributed by atoms with Crippen molar-refractivity contribution in [3.8, 4) is 0 Å². The number of rotatable bonds is 77. The van der Waals surface area contributed by atoms with Crippen LogP contribution in [-0.4, -0.2) is 158 Å². The quantitative estimate of drug-likeness (QED) is 0.0121. The lowest BCUT2D eigenvalue weighted by molar-refractivity contribution is -0.152. The molecule has 0 aliphatic heterocycles. The molecule has 8 atom stereocenters. The van der Waals surface area contributed by atoms with Crippen molar-refractivity contribution in [3.63, 3.8) is 0 Å². The van der Waals surface area contributed by atoms with Gasteiger partial charge in [-0.2, -0.15) is 0 Å². The minimum atomic E-state index is -4.77. The number of esters is 2. The smallest absolute Gasteiger partial charge is 0.462 e. The molecule has 0 aliphatic rings. The van der Waals surface area contributed by atoms with E-state index in [0.29, 0.717) is 51.4 Å². The van der Waals surface area contributed by atoms with Crippen molar-refractivity contribution < 1.29 is 94.9 Å². The van der Waals surface area contributed by atoms with E-state index in [-0.39, 0.29) is 90.0 Å². The third-order valence-corrected chi connectivity index (χ3v) is 19.6. The van der Waals surface area contributed by atoms with Gasteiger partial charge in [0.25, 0.3) is 0 Å². The molecule has 0 aromatic rings. The van der Waals surface area contributed by atoms with Crippen molar-refractivity contribution in [2.45, 2.75) is 373 Å². The van der Waals surface area contributed by atoms with Crippen molar-refractivity contribution in [1.82, 2.24) is 21.3 Å². The van der Waals surface area contributed by atoms with Crippen LogP contribution in [0, 0.1) is 0 Å². The van der Waals surface area contributed by atoms with E-state index in [2.05, 4.69) is 87.1 Å². The van der Waals surface area contributed by atoms with Crippen LogP contribution in [0.3, 0.4) is 0 Å². The third-order valence-electron chi connectivity index (χ3n) is 17.6. The van der Waals surface area contributed by atoms with Gasteiger partial charge in [-0.25, -0.2) is 9.13 Å². The van der Waals surface area contributed by atoms with Crippen LogP contribution in [0.5, 0.6) is 0 Å². The normalized spacial score (nSPS) is 14.7. The number of nitrogens with one attached hydrogen (secondary N) is 4. The van der Waals surface area contributed by atoms with Crippen molar-refractivity contribution in [3.05, 3.63) is 24.3 Å². The van der Waals surface area contributed by atoms with Crippen molar-refractivity contribution in [1.29, 1.82) is 0 Å². The number of allylic oxidation sites excluding steroid dienone is 4. The summed E-state index contributed by atoms with van der Waals surface area (Å²) in [7, 11) is -9.55. The second kappa shape index (κ2) is 71.0. The average molecular weight is 1520 g/mol. The van der Waals surface area contributed by atoms with Crippen LogP contribution < -0.4 is 21.3 Å². The van der Waals surface area contributed by atoms with Crippen LogP contribution >= 0.6 is 15.6 Å². The average Bonchev–Trinajstić information content (AvgIpc) is 1.50. The molecule has 0 bridgehead atoms. The predicted molar refractivity (Wildman–Crippen MR) is 411 cm³/mol. The Kier molecular flexibility index (Phi) is 68.5. The Morgan fingerprint density at radius 2 is 0.654 bits per heavy atom. The SMILES string of the molecule is CCCCCC/C=C\CCCC(=O)O[C@H](CCCCCCC)CC(=O)NC(COCC[C@H](O)CCCCCCC)COP(=O)(O)OCCNC(=O)CCC(=O)NCCOP(=O)(O)OCC(COCC[C@H](O)CCCCCCC)NC(=O)C[C@@H](CCCCCCC)OC(=O)CCC/C=C\CCCCCC. The number of aliphatic hydroxyl groups excluding tert-OH is 2. The largest absolute Gasteiger partial charge is 0.472 e. The summed E-state index contributed by atoms with van der Waals surface area (Å²) in [5.74, 6) is -2.89. The molecular weight excluding hydrogens is 1370 g/mol. The second-order valence-corrected chi connectivity index (χ2v) is 30.7. The lowest BCUT2D eigenvalue weighted by Gasteiger charge is -2.23. The Labute approximate surface area is 628 Å². The highest BCUT2D eigenvalue weighted by molar-refractivity contribution is 7.47. The van der Waals surface area contributed by atoms with Crippen LogP contribution in [-0.2, 0) is 74.9 Å². The maximum absolute atomic E-state index is 13.7. The number of hydrogen-bond donors (Lipinski definition) is 8. The van der Waals surface area contributed by atoms with E-state index in [1.54, 1.807) is 0 Å². The van der Waals surface area contributed by atoms with Crippen LogP contribution in [0.15, 0.2) is 24.3 Å². The zero-order chi connectivity index (χ0) is 76.8. The van der Waals surface area contributed by atoms with E-state index >= 15 is 0 Å². The first-order chi connectivity index (χ1) is 50.2. The Morgan fingerprint density at radius 3 is 0.990 bits per heavy atom. The van der Waals surface area contributed by atoms with Gasteiger partial charge in [0, 0.05) is 52.0 Å². The topological polar surface area (TPSA) is 339 Å². The lowest BCUT2D eigenvalue weighted by Crippen LogP contribution is -2.43. The molecule has 8 N–H and O–H groups in total. The van der Waals surface area contributed by atoms with Crippen LogP contribution in [0.25, 0.3) is 0 Å². The molecule has 0 radical (unpaired) electrons. The molecule has 0 fully saturated rings. The molecule has 610 valence electrons. The second-order valence-electron chi connectivity index (χ2n) is 27.8. The Balaban J connectivity index is 5.55. The molecule has 0 heterocycles. The van der Waals surface area contributed by atoms with Gasteiger partial charge in [-0.3, -0.25) is 46.9 Å². The van der Waals surface area contributed by atoms with Gasteiger partial charge < -0.3 is 60.2 Å². The van der Waals surface area contributed by atoms with Crippen molar-refractivity contribution in [2.75, 3.05) is 65.9 Å². The van der Waals surface area contributed by atoms with Crippen LogP contribution in [0.4, 0.5) is 0 Å². The van der Waals surface area contributed by atoms with E-state index in [1.165, 1.54) is 38.5 Å². The minimum absolute atomic E-state index is 0.135. The maximum Gasteiger partial charge on any atom is 0.472 e. The zero-order valence-electron chi connectivity index (χ0n) is 65.6. The molecule has 0 aliphatic carbocycles. The van der Waals surface area contributed by atoms with Gasteiger partial charge in [0.15, 0.2) is 0 Å². The maximum atomic E-state index is 13.7. The minimum Gasteiger partial charge on any atom is -0.462 e. The number of aliphatic hydroxyl groups is 2. The first-order valence-corrected chi connectivity index (χ1v) is 43.8. The molecule has 24 nitrogen and oxygen atoms in total. The fraction of sp³-hybridized carbons (Fsp3) is 0.872. The van der Waals surface area contributed by atoms with Crippen LogP contribution in [0.1, 0.15) is 337 Å². The summed E-state index contributed by atoms with van der Waals surface area (Å²) in [6.45, 7) is 10.5. The summed E-state index contributed by atoms with van der Waals surface area (Å²) in [6, 6.07) is -1.89. The van der Waals surface area contributed by atoms with E-state index in [0.717, 1.165) is 167 Å². The van der Waals surface area contributed by atoms with Gasteiger partial charge in [-0.15, -0.1) is 0 Å². The van der Waals surface area contributed by atoms with Gasteiger partial charge in [-0.05, 0) is 103 Å². The van der Waals surface area contributed by atoms with E-state index < -0.39 is 102 Å². The molecule has 0 aromatic carbocycles. The predicted octanol–water partition coefficient (Wildman–Crippen LogP) is 16.2. The molecule has 0 rings (SSSR count).